The molecule has 126 valence electrons. The molecule has 1 aromatic rings. The van der Waals surface area contributed by atoms with E-state index >= 15 is 0 Å². The van der Waals surface area contributed by atoms with E-state index in [0.717, 1.165) is 5.56 Å². The van der Waals surface area contributed by atoms with Gasteiger partial charge in [-0.25, -0.2) is 4.39 Å². The number of carbonyl (C=O) groups excluding carboxylic acids is 1. The highest BCUT2D eigenvalue weighted by Gasteiger charge is 2.50. The van der Waals surface area contributed by atoms with Gasteiger partial charge in [-0.2, -0.15) is 0 Å². The van der Waals surface area contributed by atoms with Crippen molar-refractivity contribution in [3.8, 4) is 0 Å². The van der Waals surface area contributed by atoms with E-state index in [1.165, 1.54) is 12.1 Å². The maximum atomic E-state index is 13.1. The van der Waals surface area contributed by atoms with Gasteiger partial charge in [0.2, 0.25) is 5.91 Å². The second-order valence-corrected chi connectivity index (χ2v) is 7.22. The first-order valence-corrected chi connectivity index (χ1v) is 7.90. The number of aliphatic carboxylic acids is 1. The molecule has 1 N–H and O–H groups in total. The van der Waals surface area contributed by atoms with E-state index in [1.54, 1.807) is 30.9 Å². The van der Waals surface area contributed by atoms with Crippen LogP contribution in [0.25, 0.3) is 0 Å². The summed E-state index contributed by atoms with van der Waals surface area (Å²) in [5.41, 5.74) is -0.977. The van der Waals surface area contributed by atoms with Crippen LogP contribution < -0.4 is 0 Å². The van der Waals surface area contributed by atoms with Gasteiger partial charge in [-0.15, -0.1) is 0 Å². The molecule has 0 radical (unpaired) electrons. The summed E-state index contributed by atoms with van der Waals surface area (Å²) in [5, 5.41) is 9.60. The Morgan fingerprint density at radius 2 is 1.83 bits per heavy atom. The van der Waals surface area contributed by atoms with Gasteiger partial charge in [-0.3, -0.25) is 9.59 Å². The van der Waals surface area contributed by atoms with E-state index in [9.17, 15) is 19.1 Å². The van der Waals surface area contributed by atoms with Crippen LogP contribution in [-0.2, 0) is 15.0 Å². The van der Waals surface area contributed by atoms with Crippen LogP contribution in [0.3, 0.4) is 0 Å². The number of benzene rings is 1. The molecule has 1 aliphatic heterocycles. The summed E-state index contributed by atoms with van der Waals surface area (Å²) in [4.78, 5) is 26.3. The lowest BCUT2D eigenvalue weighted by atomic mass is 9.76. The lowest BCUT2D eigenvalue weighted by Gasteiger charge is -2.32. The van der Waals surface area contributed by atoms with Crippen molar-refractivity contribution in [2.45, 2.75) is 39.5 Å². The van der Waals surface area contributed by atoms with E-state index in [2.05, 4.69) is 0 Å². The number of likely N-dealkylation sites (tertiary alicyclic amines) is 1. The zero-order valence-corrected chi connectivity index (χ0v) is 14.1. The molecule has 5 heteroatoms. The number of hydrogen-bond acceptors (Lipinski definition) is 2. The second-order valence-electron chi connectivity index (χ2n) is 7.22. The Bertz CT molecular complexity index is 609. The lowest BCUT2D eigenvalue weighted by molar-refractivity contribution is -0.151. The number of carbonyl (C=O) groups is 2. The number of carboxylic acids is 1. The Morgan fingerprint density at radius 1 is 1.26 bits per heavy atom. The van der Waals surface area contributed by atoms with E-state index < -0.39 is 16.8 Å². The van der Waals surface area contributed by atoms with Crippen LogP contribution in [0.2, 0.25) is 0 Å². The maximum Gasteiger partial charge on any atom is 0.311 e. The summed E-state index contributed by atoms with van der Waals surface area (Å²) >= 11 is 0. The first-order chi connectivity index (χ1) is 10.6. The smallest absolute Gasteiger partial charge is 0.311 e. The van der Waals surface area contributed by atoms with Gasteiger partial charge in [0.05, 0.1) is 10.8 Å². The Kier molecular flexibility index (Phi) is 4.51. The fourth-order valence-electron chi connectivity index (χ4n) is 3.28. The molecule has 0 bridgehead atoms. The second kappa shape index (κ2) is 5.95. The van der Waals surface area contributed by atoms with Crippen LogP contribution in [0.1, 0.15) is 39.7 Å². The molecule has 1 saturated heterocycles. The largest absolute Gasteiger partial charge is 0.481 e. The third-order valence-corrected chi connectivity index (χ3v) is 5.22. The molecule has 1 fully saturated rings. The van der Waals surface area contributed by atoms with Gasteiger partial charge in [0.1, 0.15) is 5.82 Å². The highest BCUT2D eigenvalue weighted by atomic mass is 19.1. The van der Waals surface area contributed by atoms with Gasteiger partial charge in [-0.1, -0.05) is 26.0 Å². The lowest BCUT2D eigenvalue weighted by Crippen LogP contribution is -2.45. The van der Waals surface area contributed by atoms with Gasteiger partial charge in [0.25, 0.3) is 0 Å². The first-order valence-electron chi connectivity index (χ1n) is 7.90. The number of halogens is 1. The van der Waals surface area contributed by atoms with Crippen LogP contribution >= 0.6 is 0 Å². The quantitative estimate of drug-likeness (QED) is 0.927. The molecular formula is C18H24FNO3. The van der Waals surface area contributed by atoms with E-state index in [-0.39, 0.29) is 24.2 Å². The Balaban J connectivity index is 2.24. The fourth-order valence-corrected chi connectivity index (χ4v) is 3.28. The molecule has 2 rings (SSSR count). The third kappa shape index (κ3) is 2.96. The minimum Gasteiger partial charge on any atom is -0.481 e. The molecule has 23 heavy (non-hydrogen) atoms. The van der Waals surface area contributed by atoms with Crippen molar-refractivity contribution in [3.05, 3.63) is 35.6 Å². The van der Waals surface area contributed by atoms with Crippen LogP contribution in [0.5, 0.6) is 0 Å². The minimum absolute atomic E-state index is 0.0493. The standard InChI is InChI=1S/C18H24FNO3/c1-12(2)18(16(22)23)9-10-20(11-18)15(21)17(3,4)13-5-7-14(19)8-6-13/h5-8,12H,9-11H2,1-4H3,(H,22,23). The van der Waals surface area contributed by atoms with Crippen LogP contribution in [0.4, 0.5) is 4.39 Å². The van der Waals surface area contributed by atoms with Crippen molar-refractivity contribution >= 4 is 11.9 Å². The van der Waals surface area contributed by atoms with Crippen LogP contribution in [0.15, 0.2) is 24.3 Å². The molecule has 1 aliphatic rings. The molecule has 0 aromatic heterocycles. The molecular weight excluding hydrogens is 297 g/mol. The molecule has 1 unspecified atom stereocenters. The van der Waals surface area contributed by atoms with Gasteiger partial charge >= 0.3 is 5.97 Å². The van der Waals surface area contributed by atoms with Crippen molar-refractivity contribution in [1.82, 2.24) is 4.90 Å². The Hall–Kier alpha value is -1.91. The maximum absolute atomic E-state index is 13.1. The summed E-state index contributed by atoms with van der Waals surface area (Å²) in [6.45, 7) is 8.01. The number of nitrogens with zero attached hydrogens (tertiary/aromatic N) is 1. The van der Waals surface area contributed by atoms with Gasteiger partial charge < -0.3 is 10.0 Å². The third-order valence-electron chi connectivity index (χ3n) is 5.22. The zero-order valence-electron chi connectivity index (χ0n) is 14.1. The van der Waals surface area contributed by atoms with Gasteiger partial charge in [0.15, 0.2) is 0 Å². The summed E-state index contributed by atoms with van der Waals surface area (Å²) in [7, 11) is 0. The molecule has 0 spiro atoms. The average molecular weight is 321 g/mol. The molecule has 0 aliphatic carbocycles. The number of hydrogen-bond donors (Lipinski definition) is 1. The Labute approximate surface area is 136 Å². The Morgan fingerprint density at radius 3 is 2.26 bits per heavy atom. The molecule has 0 saturated carbocycles. The van der Waals surface area contributed by atoms with Crippen LogP contribution in [0, 0.1) is 17.2 Å². The predicted molar refractivity (Wildman–Crippen MR) is 85.5 cm³/mol. The van der Waals surface area contributed by atoms with E-state index in [1.807, 2.05) is 13.8 Å². The fraction of sp³-hybridized carbons (Fsp3) is 0.556. The molecule has 1 atom stereocenters. The van der Waals surface area contributed by atoms with Crippen molar-refractivity contribution in [3.63, 3.8) is 0 Å². The highest BCUT2D eigenvalue weighted by molar-refractivity contribution is 5.88. The zero-order chi connectivity index (χ0) is 17.4. The summed E-state index contributed by atoms with van der Waals surface area (Å²) in [6.07, 6.45) is 0.464. The monoisotopic (exact) mass is 321 g/mol. The molecule has 4 nitrogen and oxygen atoms in total. The number of amides is 1. The SMILES string of the molecule is CC(C)C1(C(=O)O)CCN(C(=O)C(C)(C)c2ccc(F)cc2)C1. The molecule has 1 heterocycles. The molecule has 1 amide bonds. The summed E-state index contributed by atoms with van der Waals surface area (Å²) in [5.74, 6) is -1.36. The van der Waals surface area contributed by atoms with Gasteiger partial charge in [-0.05, 0) is 43.9 Å². The number of carboxylic acid groups (broad SMARTS) is 1. The van der Waals surface area contributed by atoms with Crippen LogP contribution in [-0.4, -0.2) is 35.0 Å². The van der Waals surface area contributed by atoms with Crippen molar-refractivity contribution in [2.75, 3.05) is 13.1 Å². The van der Waals surface area contributed by atoms with Gasteiger partial charge in [0, 0.05) is 13.1 Å². The van der Waals surface area contributed by atoms with E-state index in [0.29, 0.717) is 13.0 Å². The molecule has 1 aromatic carbocycles. The highest BCUT2D eigenvalue weighted by Crippen LogP contribution is 2.40. The van der Waals surface area contributed by atoms with Crippen molar-refractivity contribution in [2.24, 2.45) is 11.3 Å². The van der Waals surface area contributed by atoms with Crippen molar-refractivity contribution in [1.29, 1.82) is 0 Å². The number of rotatable bonds is 4. The van der Waals surface area contributed by atoms with Crippen molar-refractivity contribution < 1.29 is 19.1 Å². The minimum atomic E-state index is -0.880. The summed E-state index contributed by atoms with van der Waals surface area (Å²) in [6, 6.07) is 5.89. The van der Waals surface area contributed by atoms with E-state index in [4.69, 9.17) is 0 Å². The summed E-state index contributed by atoms with van der Waals surface area (Å²) < 4.78 is 13.1. The predicted octanol–water partition coefficient (Wildman–Crippen LogP) is 3.06. The topological polar surface area (TPSA) is 57.6 Å². The normalized spacial score (nSPS) is 21.7. The average Bonchev–Trinajstić information content (AvgIpc) is 2.93. The first kappa shape index (κ1) is 17.4.